The van der Waals surface area contributed by atoms with Crippen LogP contribution < -0.4 is 4.72 Å². The summed E-state index contributed by atoms with van der Waals surface area (Å²) in [6.45, 7) is 0.231. The van der Waals surface area contributed by atoms with Crippen LogP contribution in [0.3, 0.4) is 0 Å². The van der Waals surface area contributed by atoms with E-state index in [4.69, 9.17) is 0 Å². The van der Waals surface area contributed by atoms with Gasteiger partial charge in [-0.25, -0.2) is 18.1 Å². The Morgan fingerprint density at radius 1 is 1.00 bits per heavy atom. The zero-order chi connectivity index (χ0) is 14.7. The second kappa shape index (κ2) is 5.93. The van der Waals surface area contributed by atoms with Crippen molar-refractivity contribution in [3.63, 3.8) is 0 Å². The van der Waals surface area contributed by atoms with E-state index >= 15 is 0 Å². The minimum Gasteiger partial charge on any atom is -0.240 e. The van der Waals surface area contributed by atoms with E-state index in [1.807, 2.05) is 42.5 Å². The summed E-state index contributed by atoms with van der Waals surface area (Å²) in [5.74, 6) is -0.0151. The highest BCUT2D eigenvalue weighted by Gasteiger charge is 2.12. The summed E-state index contributed by atoms with van der Waals surface area (Å²) in [5, 5.41) is 0.771. The Labute approximate surface area is 127 Å². The van der Waals surface area contributed by atoms with Gasteiger partial charge < -0.3 is 0 Å². The van der Waals surface area contributed by atoms with Gasteiger partial charge >= 0.3 is 0 Å². The second-order valence-electron chi connectivity index (χ2n) is 4.64. The van der Waals surface area contributed by atoms with Gasteiger partial charge in [-0.15, -0.1) is 11.3 Å². The number of rotatable bonds is 5. The maximum atomic E-state index is 12.1. The van der Waals surface area contributed by atoms with E-state index in [-0.39, 0.29) is 12.3 Å². The molecule has 6 heteroatoms. The van der Waals surface area contributed by atoms with Crippen molar-refractivity contribution in [1.82, 2.24) is 9.71 Å². The maximum Gasteiger partial charge on any atom is 0.216 e. The van der Waals surface area contributed by atoms with Gasteiger partial charge in [0.25, 0.3) is 0 Å². The molecule has 0 fully saturated rings. The lowest BCUT2D eigenvalue weighted by atomic mass is 10.2. The van der Waals surface area contributed by atoms with Gasteiger partial charge in [0.2, 0.25) is 10.0 Å². The average Bonchev–Trinajstić information content (AvgIpc) is 2.89. The number of benzene rings is 2. The van der Waals surface area contributed by atoms with Gasteiger partial charge in [-0.05, 0) is 17.7 Å². The molecule has 108 valence electrons. The monoisotopic (exact) mass is 318 g/mol. The zero-order valence-corrected chi connectivity index (χ0v) is 12.8. The van der Waals surface area contributed by atoms with Crippen LogP contribution in [-0.4, -0.2) is 13.4 Å². The number of nitrogens with one attached hydrogen (secondary N) is 1. The van der Waals surface area contributed by atoms with E-state index in [0.717, 1.165) is 20.8 Å². The molecule has 1 heterocycles. The molecular formula is C15H14N2O2S2. The second-order valence-corrected chi connectivity index (χ2v) is 7.56. The zero-order valence-electron chi connectivity index (χ0n) is 11.2. The lowest BCUT2D eigenvalue weighted by Gasteiger charge is -2.05. The molecule has 0 bridgehead atoms. The van der Waals surface area contributed by atoms with E-state index in [1.165, 1.54) is 11.3 Å². The van der Waals surface area contributed by atoms with Gasteiger partial charge in [0.1, 0.15) is 5.01 Å². The highest BCUT2D eigenvalue weighted by Crippen LogP contribution is 2.21. The largest absolute Gasteiger partial charge is 0.240 e. The summed E-state index contributed by atoms with van der Waals surface area (Å²) >= 11 is 1.51. The van der Waals surface area contributed by atoms with Crippen molar-refractivity contribution >= 4 is 31.6 Å². The van der Waals surface area contributed by atoms with Gasteiger partial charge in [0, 0.05) is 0 Å². The fraction of sp³-hybridized carbons (Fsp3) is 0.133. The Kier molecular flexibility index (Phi) is 4.01. The van der Waals surface area contributed by atoms with Crippen molar-refractivity contribution in [3.8, 4) is 0 Å². The molecule has 1 aromatic heterocycles. The molecule has 0 atom stereocenters. The first-order chi connectivity index (χ1) is 10.1. The molecule has 0 aliphatic rings. The van der Waals surface area contributed by atoms with Crippen molar-refractivity contribution in [2.45, 2.75) is 12.3 Å². The molecule has 3 rings (SSSR count). The van der Waals surface area contributed by atoms with Gasteiger partial charge in [-0.3, -0.25) is 0 Å². The summed E-state index contributed by atoms with van der Waals surface area (Å²) in [4.78, 5) is 4.41. The number of para-hydroxylation sites is 1. The first kappa shape index (κ1) is 14.2. The molecule has 4 nitrogen and oxygen atoms in total. The molecule has 3 aromatic rings. The molecule has 0 aliphatic heterocycles. The molecule has 0 aliphatic carbocycles. The molecule has 2 aromatic carbocycles. The number of sulfonamides is 1. The van der Waals surface area contributed by atoms with E-state index in [1.54, 1.807) is 12.1 Å². The van der Waals surface area contributed by atoms with Crippen LogP contribution in [0.1, 0.15) is 10.6 Å². The number of hydrogen-bond acceptors (Lipinski definition) is 4. The van der Waals surface area contributed by atoms with E-state index in [9.17, 15) is 8.42 Å². The number of aromatic nitrogens is 1. The predicted molar refractivity (Wildman–Crippen MR) is 85.5 cm³/mol. The Morgan fingerprint density at radius 3 is 2.48 bits per heavy atom. The maximum absolute atomic E-state index is 12.1. The SMILES string of the molecule is O=S(=O)(Cc1ccccc1)NCc1nc2ccccc2s1. The third-order valence-corrected chi connectivity index (χ3v) is 5.31. The Hall–Kier alpha value is -1.76. The fourth-order valence-corrected chi connectivity index (χ4v) is 4.10. The van der Waals surface area contributed by atoms with Gasteiger partial charge in [-0.2, -0.15) is 0 Å². The highest BCUT2D eigenvalue weighted by molar-refractivity contribution is 7.88. The molecule has 0 unspecified atom stereocenters. The number of thiazole rings is 1. The third kappa shape index (κ3) is 3.66. The molecule has 21 heavy (non-hydrogen) atoms. The normalized spacial score (nSPS) is 11.8. The molecule has 0 saturated heterocycles. The van der Waals surface area contributed by atoms with E-state index in [0.29, 0.717) is 0 Å². The van der Waals surface area contributed by atoms with Crippen LogP contribution in [-0.2, 0) is 22.3 Å². The van der Waals surface area contributed by atoms with Gasteiger partial charge in [-0.1, -0.05) is 42.5 Å². The third-order valence-electron chi connectivity index (χ3n) is 2.98. The van der Waals surface area contributed by atoms with E-state index < -0.39 is 10.0 Å². The summed E-state index contributed by atoms with van der Waals surface area (Å²) in [5.41, 5.74) is 1.68. The summed E-state index contributed by atoms with van der Waals surface area (Å²) in [6, 6.07) is 16.9. The van der Waals surface area contributed by atoms with Crippen LogP contribution in [0.4, 0.5) is 0 Å². The smallest absolute Gasteiger partial charge is 0.216 e. The number of hydrogen-bond donors (Lipinski definition) is 1. The fourth-order valence-electron chi connectivity index (χ4n) is 2.01. The van der Waals surface area contributed by atoms with Crippen molar-refractivity contribution < 1.29 is 8.42 Å². The number of fused-ring (bicyclic) bond motifs is 1. The van der Waals surface area contributed by atoms with Crippen molar-refractivity contribution in [1.29, 1.82) is 0 Å². The topological polar surface area (TPSA) is 59.1 Å². The van der Waals surface area contributed by atoms with Crippen LogP contribution in [0.25, 0.3) is 10.2 Å². The lowest BCUT2D eigenvalue weighted by molar-refractivity contribution is 0.580. The summed E-state index contributed by atoms with van der Waals surface area (Å²) < 4.78 is 27.8. The predicted octanol–water partition coefficient (Wildman–Crippen LogP) is 2.92. The molecular weight excluding hydrogens is 304 g/mol. The first-order valence-electron chi connectivity index (χ1n) is 6.48. The van der Waals surface area contributed by atoms with E-state index in [2.05, 4.69) is 9.71 Å². The molecule has 0 saturated carbocycles. The van der Waals surface area contributed by atoms with Crippen molar-refractivity contribution in [2.24, 2.45) is 0 Å². The van der Waals surface area contributed by atoms with Crippen LogP contribution in [0.5, 0.6) is 0 Å². The van der Waals surface area contributed by atoms with Gasteiger partial charge in [0.15, 0.2) is 0 Å². The van der Waals surface area contributed by atoms with Crippen LogP contribution in [0, 0.1) is 0 Å². The van der Waals surface area contributed by atoms with Crippen molar-refractivity contribution in [3.05, 3.63) is 65.2 Å². The quantitative estimate of drug-likeness (QED) is 0.787. The number of nitrogens with zero attached hydrogens (tertiary/aromatic N) is 1. The van der Waals surface area contributed by atoms with Gasteiger partial charge in [0.05, 0.1) is 22.5 Å². The summed E-state index contributed by atoms with van der Waals surface area (Å²) in [7, 11) is -3.35. The van der Waals surface area contributed by atoms with Crippen LogP contribution in [0.15, 0.2) is 54.6 Å². The Balaban J connectivity index is 1.68. The molecule has 1 N–H and O–H groups in total. The van der Waals surface area contributed by atoms with Crippen LogP contribution >= 0.6 is 11.3 Å². The average molecular weight is 318 g/mol. The lowest BCUT2D eigenvalue weighted by Crippen LogP contribution is -2.24. The van der Waals surface area contributed by atoms with Crippen LogP contribution in [0.2, 0.25) is 0 Å². The Morgan fingerprint density at radius 2 is 1.71 bits per heavy atom. The molecule has 0 amide bonds. The standard InChI is InChI=1S/C15H14N2O2S2/c18-21(19,11-12-6-2-1-3-7-12)16-10-15-17-13-8-4-5-9-14(13)20-15/h1-9,16H,10-11H2. The Bertz CT molecular complexity index is 809. The minimum atomic E-state index is -3.35. The molecule has 0 spiro atoms. The minimum absolute atomic E-state index is 0.0151. The first-order valence-corrected chi connectivity index (χ1v) is 8.95. The molecule has 0 radical (unpaired) electrons. The summed E-state index contributed by atoms with van der Waals surface area (Å²) in [6.07, 6.45) is 0. The highest BCUT2D eigenvalue weighted by atomic mass is 32.2. The van der Waals surface area contributed by atoms with Crippen molar-refractivity contribution in [2.75, 3.05) is 0 Å².